The molecule has 3 rings (SSSR count). The zero-order chi connectivity index (χ0) is 12.8. The van der Waals surface area contributed by atoms with Crippen LogP contribution < -0.4 is 16.8 Å². The van der Waals surface area contributed by atoms with E-state index >= 15 is 0 Å². The summed E-state index contributed by atoms with van der Waals surface area (Å²) in [4.78, 5) is 13.8. The molecule has 5 heteroatoms. The molecule has 0 aliphatic heterocycles. The molecule has 4 N–H and O–H groups in total. The van der Waals surface area contributed by atoms with Gasteiger partial charge in [-0.1, -0.05) is 6.07 Å². The van der Waals surface area contributed by atoms with Gasteiger partial charge in [-0.15, -0.1) is 0 Å². The van der Waals surface area contributed by atoms with E-state index in [2.05, 4.69) is 10.3 Å². The van der Waals surface area contributed by atoms with E-state index < -0.39 is 5.76 Å². The average Bonchev–Trinajstić information content (AvgIpc) is 3.05. The third kappa shape index (κ3) is 1.67. The van der Waals surface area contributed by atoms with Crippen LogP contribution in [0.5, 0.6) is 0 Å². The van der Waals surface area contributed by atoms with Crippen molar-refractivity contribution in [1.29, 1.82) is 0 Å². The smallest absolute Gasteiger partial charge is 0.408 e. The Bertz CT molecular complexity index is 624. The first kappa shape index (κ1) is 11.5. The van der Waals surface area contributed by atoms with Gasteiger partial charge in [0.25, 0.3) is 0 Å². The SMILES string of the molecule is CNC(c1ccc2[nH]c(=O)oc2c1)C1(CN)CC1. The van der Waals surface area contributed by atoms with Crippen LogP contribution in [0.1, 0.15) is 24.4 Å². The van der Waals surface area contributed by atoms with Crippen LogP contribution in [0.3, 0.4) is 0 Å². The molecule has 1 unspecified atom stereocenters. The number of aromatic amines is 1. The maximum atomic E-state index is 11.1. The predicted molar refractivity (Wildman–Crippen MR) is 69.4 cm³/mol. The molecular weight excluding hydrogens is 230 g/mol. The molecule has 1 saturated carbocycles. The summed E-state index contributed by atoms with van der Waals surface area (Å²) < 4.78 is 5.10. The number of nitrogens with one attached hydrogen (secondary N) is 2. The summed E-state index contributed by atoms with van der Waals surface area (Å²) >= 11 is 0. The molecule has 18 heavy (non-hydrogen) atoms. The molecule has 1 aromatic carbocycles. The largest absolute Gasteiger partial charge is 0.417 e. The second kappa shape index (κ2) is 3.96. The van der Waals surface area contributed by atoms with E-state index in [4.69, 9.17) is 10.2 Å². The van der Waals surface area contributed by atoms with E-state index in [0.717, 1.165) is 23.9 Å². The monoisotopic (exact) mass is 247 g/mol. The van der Waals surface area contributed by atoms with Gasteiger partial charge in [-0.05, 0) is 44.1 Å². The molecular formula is C13H17N3O2. The third-order valence-electron chi connectivity index (χ3n) is 3.98. The van der Waals surface area contributed by atoms with Crippen LogP contribution in [0.15, 0.2) is 27.4 Å². The van der Waals surface area contributed by atoms with Crippen molar-refractivity contribution in [3.8, 4) is 0 Å². The second-order valence-corrected chi connectivity index (χ2v) is 5.06. The summed E-state index contributed by atoms with van der Waals surface area (Å²) in [5.41, 5.74) is 8.50. The van der Waals surface area contributed by atoms with Gasteiger partial charge in [0, 0.05) is 11.5 Å². The minimum Gasteiger partial charge on any atom is -0.408 e. The molecule has 0 amide bonds. The molecule has 1 fully saturated rings. The summed E-state index contributed by atoms with van der Waals surface area (Å²) in [5, 5.41) is 3.33. The lowest BCUT2D eigenvalue weighted by atomic mass is 9.90. The number of aromatic nitrogens is 1. The Morgan fingerprint density at radius 2 is 2.33 bits per heavy atom. The van der Waals surface area contributed by atoms with Gasteiger partial charge in [-0.3, -0.25) is 4.98 Å². The highest BCUT2D eigenvalue weighted by Crippen LogP contribution is 2.54. The lowest BCUT2D eigenvalue weighted by Crippen LogP contribution is -2.32. The van der Waals surface area contributed by atoms with Crippen molar-refractivity contribution in [2.24, 2.45) is 11.1 Å². The average molecular weight is 247 g/mol. The first-order valence-corrected chi connectivity index (χ1v) is 6.19. The summed E-state index contributed by atoms with van der Waals surface area (Å²) in [6.07, 6.45) is 2.29. The molecule has 0 bridgehead atoms. The summed E-state index contributed by atoms with van der Waals surface area (Å²) in [6, 6.07) is 6.04. The van der Waals surface area contributed by atoms with E-state index in [9.17, 15) is 4.79 Å². The van der Waals surface area contributed by atoms with Crippen LogP contribution in [-0.2, 0) is 0 Å². The number of nitrogens with two attached hydrogens (primary N) is 1. The molecule has 0 saturated heterocycles. The first-order valence-electron chi connectivity index (χ1n) is 6.19. The van der Waals surface area contributed by atoms with Gasteiger partial charge in [0.2, 0.25) is 0 Å². The van der Waals surface area contributed by atoms with Crippen molar-refractivity contribution in [1.82, 2.24) is 10.3 Å². The van der Waals surface area contributed by atoms with E-state index in [1.54, 1.807) is 0 Å². The van der Waals surface area contributed by atoms with E-state index in [1.807, 2.05) is 25.2 Å². The number of hydrogen-bond donors (Lipinski definition) is 3. The van der Waals surface area contributed by atoms with E-state index in [-0.39, 0.29) is 11.5 Å². The van der Waals surface area contributed by atoms with Crippen LogP contribution in [0, 0.1) is 5.41 Å². The molecule has 1 atom stereocenters. The van der Waals surface area contributed by atoms with Crippen molar-refractivity contribution in [2.75, 3.05) is 13.6 Å². The van der Waals surface area contributed by atoms with Gasteiger partial charge in [-0.25, -0.2) is 4.79 Å². The van der Waals surface area contributed by atoms with Gasteiger partial charge in [-0.2, -0.15) is 0 Å². The number of rotatable bonds is 4. The fourth-order valence-electron chi connectivity index (χ4n) is 2.74. The minimum atomic E-state index is -0.414. The Kier molecular flexibility index (Phi) is 2.53. The maximum Gasteiger partial charge on any atom is 0.417 e. The zero-order valence-electron chi connectivity index (χ0n) is 10.3. The van der Waals surface area contributed by atoms with Crippen molar-refractivity contribution in [3.05, 3.63) is 34.3 Å². The minimum absolute atomic E-state index is 0.166. The number of fused-ring (bicyclic) bond motifs is 1. The van der Waals surface area contributed by atoms with Gasteiger partial charge >= 0.3 is 5.76 Å². The molecule has 0 spiro atoms. The fraction of sp³-hybridized carbons (Fsp3) is 0.462. The molecule has 5 nitrogen and oxygen atoms in total. The Morgan fingerprint density at radius 3 is 2.94 bits per heavy atom. The Hall–Kier alpha value is -1.59. The molecule has 1 aliphatic rings. The quantitative estimate of drug-likeness (QED) is 0.756. The number of oxazole rings is 1. The van der Waals surface area contributed by atoms with Crippen LogP contribution in [0.4, 0.5) is 0 Å². The predicted octanol–water partition coefficient (Wildman–Crippen LogP) is 1.12. The van der Waals surface area contributed by atoms with Gasteiger partial charge < -0.3 is 15.5 Å². The maximum absolute atomic E-state index is 11.1. The van der Waals surface area contributed by atoms with Crippen LogP contribution in [0.25, 0.3) is 11.1 Å². The van der Waals surface area contributed by atoms with Crippen molar-refractivity contribution in [2.45, 2.75) is 18.9 Å². The first-order chi connectivity index (χ1) is 8.68. The Balaban J connectivity index is 2.04. The molecule has 1 heterocycles. The molecule has 2 aromatic rings. The van der Waals surface area contributed by atoms with E-state index in [1.165, 1.54) is 0 Å². The van der Waals surface area contributed by atoms with Gasteiger partial charge in [0.15, 0.2) is 5.58 Å². The molecule has 96 valence electrons. The topological polar surface area (TPSA) is 84.0 Å². The van der Waals surface area contributed by atoms with E-state index in [0.29, 0.717) is 12.1 Å². The molecule has 1 aromatic heterocycles. The lowest BCUT2D eigenvalue weighted by molar-refractivity contribution is 0.366. The summed E-state index contributed by atoms with van der Waals surface area (Å²) in [7, 11) is 1.94. The summed E-state index contributed by atoms with van der Waals surface area (Å²) in [6.45, 7) is 0.674. The second-order valence-electron chi connectivity index (χ2n) is 5.06. The van der Waals surface area contributed by atoms with Crippen LogP contribution in [-0.4, -0.2) is 18.6 Å². The Morgan fingerprint density at radius 1 is 1.56 bits per heavy atom. The molecule has 0 radical (unpaired) electrons. The fourth-order valence-corrected chi connectivity index (χ4v) is 2.74. The Labute approximate surface area is 104 Å². The highest BCUT2D eigenvalue weighted by atomic mass is 16.4. The number of hydrogen-bond acceptors (Lipinski definition) is 4. The van der Waals surface area contributed by atoms with Gasteiger partial charge in [0.05, 0.1) is 5.52 Å². The van der Waals surface area contributed by atoms with Gasteiger partial charge in [0.1, 0.15) is 0 Å². The normalized spacial score (nSPS) is 19.0. The van der Waals surface area contributed by atoms with Crippen molar-refractivity contribution in [3.63, 3.8) is 0 Å². The van der Waals surface area contributed by atoms with Crippen LogP contribution >= 0.6 is 0 Å². The highest BCUT2D eigenvalue weighted by Gasteiger charge is 2.48. The summed E-state index contributed by atoms with van der Waals surface area (Å²) in [5.74, 6) is -0.414. The number of benzene rings is 1. The highest BCUT2D eigenvalue weighted by molar-refractivity contribution is 5.73. The third-order valence-corrected chi connectivity index (χ3v) is 3.98. The standard InChI is InChI=1S/C13H17N3O2/c1-15-11(13(7-14)4-5-13)8-2-3-9-10(6-8)18-12(17)16-9/h2-3,6,11,15H,4-5,7,14H2,1H3,(H,16,17). The molecule has 1 aliphatic carbocycles. The zero-order valence-corrected chi connectivity index (χ0v) is 10.3. The van der Waals surface area contributed by atoms with Crippen molar-refractivity contribution >= 4 is 11.1 Å². The van der Waals surface area contributed by atoms with Crippen molar-refractivity contribution < 1.29 is 4.42 Å². The number of H-pyrrole nitrogens is 1. The lowest BCUT2D eigenvalue weighted by Gasteiger charge is -2.25. The van der Waals surface area contributed by atoms with Crippen LogP contribution in [0.2, 0.25) is 0 Å².